The molecule has 0 bridgehead atoms. The largest absolute Gasteiger partial charge is 0.744 e. The summed E-state index contributed by atoms with van der Waals surface area (Å²) in [4.78, 5) is 50.7. The Hall–Kier alpha value is -7.90. The van der Waals surface area contributed by atoms with Crippen LogP contribution in [-0.4, -0.2) is 49.6 Å². The molecule has 7 rings (SSSR count). The molecule has 2 heterocycles. The molecular formula is C49H46N6O10S2. The SMILES string of the molecule is Cc1cc(C(=O)Nc2ccc(C(=O)Nc3ccc[n+](C)c3)cc2)ccc1C(=O)Nc1ccc(C(=O)Nc2ccc[n+](C)c2)cc1.Cc1ccc(S(=O)(=O)[O-])cc1.Cc1ccc(S(=O)(=O)[O-])cc1. The first-order valence-electron chi connectivity index (χ1n) is 20.2. The molecule has 0 aliphatic rings. The molecule has 18 heteroatoms. The maximum atomic E-state index is 13.0. The minimum atomic E-state index is -4.27. The Morgan fingerprint density at radius 1 is 0.433 bits per heavy atom. The molecule has 2 aromatic heterocycles. The molecule has 0 unspecified atom stereocenters. The third-order valence-electron chi connectivity index (χ3n) is 9.56. The fourth-order valence-corrected chi connectivity index (χ4v) is 6.95. The van der Waals surface area contributed by atoms with Crippen LogP contribution >= 0.6 is 0 Å². The van der Waals surface area contributed by atoms with Gasteiger partial charge in [-0.05, 0) is 129 Å². The van der Waals surface area contributed by atoms with Gasteiger partial charge in [-0.15, -0.1) is 0 Å². The van der Waals surface area contributed by atoms with E-state index in [0.717, 1.165) is 11.1 Å². The number of carbonyl (C=O) groups is 4. The van der Waals surface area contributed by atoms with Gasteiger partial charge in [-0.25, -0.2) is 26.0 Å². The van der Waals surface area contributed by atoms with E-state index in [2.05, 4.69) is 21.3 Å². The van der Waals surface area contributed by atoms with Crippen molar-refractivity contribution in [2.24, 2.45) is 14.1 Å². The van der Waals surface area contributed by atoms with Crippen LogP contribution in [0.2, 0.25) is 0 Å². The number of aryl methyl sites for hydroxylation is 5. The van der Waals surface area contributed by atoms with Gasteiger partial charge in [-0.1, -0.05) is 35.4 Å². The van der Waals surface area contributed by atoms with Crippen LogP contribution in [-0.2, 0) is 34.3 Å². The number of benzene rings is 5. The molecule has 4 amide bonds. The quantitative estimate of drug-likeness (QED) is 0.0863. The number of nitrogens with one attached hydrogen (secondary N) is 4. The number of hydrogen-bond acceptors (Lipinski definition) is 10. The van der Waals surface area contributed by atoms with E-state index in [9.17, 15) is 45.1 Å². The topological polar surface area (TPSA) is 239 Å². The van der Waals surface area contributed by atoms with Gasteiger partial charge in [0, 0.05) is 45.8 Å². The molecule has 344 valence electrons. The fourth-order valence-electron chi connectivity index (χ4n) is 6.01. The smallest absolute Gasteiger partial charge is 0.255 e. The van der Waals surface area contributed by atoms with E-state index in [-0.39, 0.29) is 33.4 Å². The Kier molecular flexibility index (Phi) is 16.7. The highest BCUT2D eigenvalue weighted by Gasteiger charge is 2.15. The Bertz CT molecular complexity index is 3060. The van der Waals surface area contributed by atoms with Crippen LogP contribution in [0, 0.1) is 20.8 Å². The third kappa shape index (κ3) is 15.4. The van der Waals surface area contributed by atoms with E-state index in [1.165, 1.54) is 24.3 Å². The predicted octanol–water partition coefficient (Wildman–Crippen LogP) is 6.45. The molecule has 0 saturated heterocycles. The van der Waals surface area contributed by atoms with Gasteiger partial charge in [-0.3, -0.25) is 19.2 Å². The highest BCUT2D eigenvalue weighted by molar-refractivity contribution is 7.86. The van der Waals surface area contributed by atoms with Gasteiger partial charge in [0.2, 0.25) is 0 Å². The fraction of sp³-hybridized carbons (Fsp3) is 0.102. The molecule has 0 atom stereocenters. The van der Waals surface area contributed by atoms with Gasteiger partial charge in [0.1, 0.15) is 45.7 Å². The number of hydrogen-bond donors (Lipinski definition) is 4. The van der Waals surface area contributed by atoms with E-state index in [4.69, 9.17) is 0 Å². The summed E-state index contributed by atoms with van der Waals surface area (Å²) in [6.45, 7) is 5.39. The lowest BCUT2D eigenvalue weighted by atomic mass is 10.0. The van der Waals surface area contributed by atoms with E-state index in [1.54, 1.807) is 122 Å². The average molecular weight is 943 g/mol. The molecule has 4 N–H and O–H groups in total. The van der Waals surface area contributed by atoms with Crippen LogP contribution in [0.1, 0.15) is 58.1 Å². The molecule has 0 spiro atoms. The summed E-state index contributed by atoms with van der Waals surface area (Å²) in [5, 5.41) is 11.3. The molecule has 7 aromatic rings. The molecule has 67 heavy (non-hydrogen) atoms. The van der Waals surface area contributed by atoms with Crippen molar-refractivity contribution < 1.29 is 54.3 Å². The van der Waals surface area contributed by atoms with Crippen molar-refractivity contribution in [2.45, 2.75) is 30.6 Å². The lowest BCUT2D eigenvalue weighted by molar-refractivity contribution is -0.670. The first-order valence-corrected chi connectivity index (χ1v) is 23.0. The second-order valence-corrected chi connectivity index (χ2v) is 17.8. The predicted molar refractivity (Wildman–Crippen MR) is 249 cm³/mol. The van der Waals surface area contributed by atoms with Gasteiger partial charge in [-0.2, -0.15) is 0 Å². The Morgan fingerprint density at radius 2 is 0.776 bits per heavy atom. The van der Waals surface area contributed by atoms with Crippen molar-refractivity contribution in [1.82, 2.24) is 0 Å². The van der Waals surface area contributed by atoms with E-state index in [0.29, 0.717) is 50.6 Å². The van der Waals surface area contributed by atoms with Crippen LogP contribution in [0.3, 0.4) is 0 Å². The van der Waals surface area contributed by atoms with Crippen LogP contribution in [0.25, 0.3) is 0 Å². The molecule has 5 aromatic carbocycles. The summed E-state index contributed by atoms with van der Waals surface area (Å²) in [6, 6.07) is 36.8. The Labute approximate surface area is 388 Å². The van der Waals surface area contributed by atoms with Crippen LogP contribution in [0.4, 0.5) is 22.7 Å². The van der Waals surface area contributed by atoms with E-state index < -0.39 is 20.2 Å². The summed E-state index contributed by atoms with van der Waals surface area (Å²) >= 11 is 0. The van der Waals surface area contributed by atoms with Crippen molar-refractivity contribution in [2.75, 3.05) is 21.3 Å². The maximum absolute atomic E-state index is 13.0. The van der Waals surface area contributed by atoms with E-state index >= 15 is 0 Å². The number of pyridine rings is 2. The van der Waals surface area contributed by atoms with Gasteiger partial charge in [0.05, 0.1) is 9.79 Å². The highest BCUT2D eigenvalue weighted by Crippen LogP contribution is 2.19. The second kappa shape index (κ2) is 22.3. The van der Waals surface area contributed by atoms with Gasteiger partial charge in [0.15, 0.2) is 24.8 Å². The Morgan fingerprint density at radius 3 is 1.13 bits per heavy atom. The van der Waals surface area contributed by atoms with Gasteiger partial charge in [0.25, 0.3) is 23.6 Å². The van der Waals surface area contributed by atoms with Crippen molar-refractivity contribution >= 4 is 66.6 Å². The maximum Gasteiger partial charge on any atom is 0.255 e. The number of anilines is 4. The minimum Gasteiger partial charge on any atom is -0.744 e. The monoisotopic (exact) mass is 942 g/mol. The molecule has 0 aliphatic heterocycles. The second-order valence-electron chi connectivity index (χ2n) is 15.1. The Balaban J connectivity index is 0.000000310. The third-order valence-corrected chi connectivity index (χ3v) is 11.3. The van der Waals surface area contributed by atoms with Crippen LogP contribution < -0.4 is 30.4 Å². The zero-order valence-corrected chi connectivity index (χ0v) is 38.5. The highest BCUT2D eigenvalue weighted by atomic mass is 32.2. The van der Waals surface area contributed by atoms with Crippen molar-refractivity contribution in [3.8, 4) is 0 Å². The first kappa shape index (κ1) is 50.1. The lowest BCUT2D eigenvalue weighted by Gasteiger charge is -2.11. The zero-order valence-electron chi connectivity index (χ0n) is 36.9. The normalized spacial score (nSPS) is 10.8. The minimum absolute atomic E-state index is 0.178. The summed E-state index contributed by atoms with van der Waals surface area (Å²) in [5.74, 6) is -1.21. The molecule has 16 nitrogen and oxygen atoms in total. The number of carbonyl (C=O) groups excluding carboxylic acids is 4. The molecule has 0 saturated carbocycles. The van der Waals surface area contributed by atoms with Crippen molar-refractivity contribution in [1.29, 1.82) is 0 Å². The van der Waals surface area contributed by atoms with Crippen LogP contribution in [0.5, 0.6) is 0 Å². The van der Waals surface area contributed by atoms with Gasteiger partial charge < -0.3 is 30.4 Å². The zero-order chi connectivity index (χ0) is 48.9. The van der Waals surface area contributed by atoms with Gasteiger partial charge >= 0.3 is 0 Å². The van der Waals surface area contributed by atoms with Crippen molar-refractivity contribution in [3.05, 3.63) is 203 Å². The molecular weight excluding hydrogens is 897 g/mol. The molecule has 0 fully saturated rings. The van der Waals surface area contributed by atoms with Crippen molar-refractivity contribution in [3.63, 3.8) is 0 Å². The summed E-state index contributed by atoms with van der Waals surface area (Å²) in [5.41, 5.74) is 6.56. The van der Waals surface area contributed by atoms with E-state index in [1.807, 2.05) is 61.6 Å². The standard InChI is InChI=1S/C35H30N6O4.2C7H8O3S/c1-23-20-26(34(44)36-27-13-8-24(9-14-27)32(42)38-29-6-4-18-40(2)21-29)12-17-31(23)35(45)37-28-15-10-25(11-16-28)33(43)39-30-7-5-19-41(3)22-30;2*1-6-2-4-7(5-3-6)11(8,9)10/h4-22H,1-3H3,(H2-2,36,37,38,39,42,43,44,45);2*2-5H,1H3,(H,8,9,10). The lowest BCUT2D eigenvalue weighted by Crippen LogP contribution is -2.27. The molecule has 0 radical (unpaired) electrons. The first-order chi connectivity index (χ1) is 31.6. The number of aromatic nitrogens is 2. The van der Waals surface area contributed by atoms with Crippen LogP contribution in [0.15, 0.2) is 174 Å². The molecule has 0 aliphatic carbocycles. The summed E-state index contributed by atoms with van der Waals surface area (Å²) in [7, 11) is -4.80. The number of rotatable bonds is 10. The number of nitrogens with zero attached hydrogens (tertiary/aromatic N) is 2. The average Bonchev–Trinajstić information content (AvgIpc) is 3.27. The number of amides is 4. The summed E-state index contributed by atoms with van der Waals surface area (Å²) < 4.78 is 66.0. The summed E-state index contributed by atoms with van der Waals surface area (Å²) in [6.07, 6.45) is 7.34.